The number of hydrogen-bond donors (Lipinski definition) is 0. The molecule has 1 heterocycles. The van der Waals surface area contributed by atoms with Gasteiger partial charge in [-0.3, -0.25) is 4.79 Å². The number of anilines is 1. The van der Waals surface area contributed by atoms with Gasteiger partial charge in [-0.2, -0.15) is 15.4 Å². The average Bonchev–Trinajstić information content (AvgIpc) is 3.23. The number of carbonyl (C=O) groups excluding carboxylic acids is 1. The Morgan fingerprint density at radius 2 is 1.94 bits per heavy atom. The van der Waals surface area contributed by atoms with Gasteiger partial charge < -0.3 is 4.74 Å². The van der Waals surface area contributed by atoms with E-state index in [0.717, 1.165) is 22.6 Å². The average molecular weight is 444 g/mol. The number of hydrogen-bond acceptors (Lipinski definition) is 6. The summed E-state index contributed by atoms with van der Waals surface area (Å²) in [6.07, 6.45) is 1.55. The van der Waals surface area contributed by atoms with Gasteiger partial charge in [0, 0.05) is 5.56 Å². The highest BCUT2D eigenvalue weighted by Gasteiger charge is 2.21. The monoisotopic (exact) mass is 444 g/mol. The zero-order valence-electron chi connectivity index (χ0n) is 17.0. The van der Waals surface area contributed by atoms with Crippen LogP contribution in [0.15, 0.2) is 71.8 Å². The Balaban J connectivity index is 1.70. The normalized spacial score (nSPS) is 10.9. The number of nitrogens with zero attached hydrogens (tertiary/aromatic N) is 4. The predicted octanol–water partition coefficient (Wildman–Crippen LogP) is 5.39. The van der Waals surface area contributed by atoms with Crippen LogP contribution < -0.4 is 9.75 Å². The molecular weight excluding hydrogens is 427 g/mol. The first-order valence-corrected chi connectivity index (χ1v) is 10.6. The van der Waals surface area contributed by atoms with Gasteiger partial charge in [-0.25, -0.2) is 9.37 Å². The number of amides is 1. The smallest absolute Gasteiger partial charge is 0.280 e. The second-order valence-electron chi connectivity index (χ2n) is 6.66. The number of ether oxygens (including phenoxy) is 1. The predicted molar refractivity (Wildman–Crippen MR) is 123 cm³/mol. The Morgan fingerprint density at radius 1 is 1.19 bits per heavy atom. The van der Waals surface area contributed by atoms with Crippen LogP contribution in [0.25, 0.3) is 10.2 Å². The van der Waals surface area contributed by atoms with E-state index in [2.05, 4.69) is 10.1 Å². The van der Waals surface area contributed by atoms with Gasteiger partial charge in [-0.15, -0.1) is 0 Å². The number of halogens is 1. The van der Waals surface area contributed by atoms with Crippen molar-refractivity contribution < 1.29 is 13.9 Å². The molecule has 0 aliphatic rings. The highest BCUT2D eigenvalue weighted by molar-refractivity contribution is 7.22. The van der Waals surface area contributed by atoms with Crippen molar-refractivity contribution in [3.63, 3.8) is 0 Å². The summed E-state index contributed by atoms with van der Waals surface area (Å²) in [7, 11) is 0. The van der Waals surface area contributed by atoms with Gasteiger partial charge in [0.1, 0.15) is 11.6 Å². The molecule has 158 valence electrons. The van der Waals surface area contributed by atoms with Crippen LogP contribution in [0.4, 0.5) is 9.52 Å². The van der Waals surface area contributed by atoms with Crippen molar-refractivity contribution in [3.8, 4) is 11.8 Å². The molecular formula is C24H17FN4O2S. The van der Waals surface area contributed by atoms with E-state index >= 15 is 0 Å². The highest BCUT2D eigenvalue weighted by Crippen LogP contribution is 2.30. The molecule has 0 bridgehead atoms. The molecule has 1 amide bonds. The third kappa shape index (κ3) is 4.63. The minimum atomic E-state index is -0.420. The van der Waals surface area contributed by atoms with E-state index in [1.54, 1.807) is 36.5 Å². The van der Waals surface area contributed by atoms with Gasteiger partial charge in [0.2, 0.25) is 5.13 Å². The van der Waals surface area contributed by atoms with Gasteiger partial charge in [-0.05, 0) is 79.2 Å². The van der Waals surface area contributed by atoms with Gasteiger partial charge in [0.15, 0.2) is 0 Å². The molecule has 6 nitrogen and oxygen atoms in total. The lowest BCUT2D eigenvalue weighted by Gasteiger charge is -2.14. The fourth-order valence-corrected chi connectivity index (χ4v) is 3.86. The molecule has 0 unspecified atom stereocenters. The number of carbonyl (C=O) groups is 1. The molecule has 1 aromatic heterocycles. The molecule has 0 radical (unpaired) electrons. The topological polar surface area (TPSA) is 78.6 Å². The van der Waals surface area contributed by atoms with Crippen LogP contribution in [0.5, 0.6) is 5.75 Å². The molecule has 0 aliphatic carbocycles. The van der Waals surface area contributed by atoms with E-state index in [1.165, 1.54) is 17.1 Å². The number of fused-ring (bicyclic) bond motifs is 1. The minimum Gasteiger partial charge on any atom is -0.494 e. The summed E-state index contributed by atoms with van der Waals surface area (Å²) in [5, 5.41) is 14.9. The van der Waals surface area contributed by atoms with Crippen LogP contribution in [0.2, 0.25) is 0 Å². The minimum absolute atomic E-state index is 0.308. The van der Waals surface area contributed by atoms with Gasteiger partial charge in [0.05, 0.1) is 34.7 Å². The number of rotatable bonds is 6. The maximum atomic E-state index is 13.6. The summed E-state index contributed by atoms with van der Waals surface area (Å²) < 4.78 is 19.7. The van der Waals surface area contributed by atoms with E-state index in [9.17, 15) is 9.18 Å². The Bertz CT molecular complexity index is 1330. The molecule has 8 heteroatoms. The van der Waals surface area contributed by atoms with Crippen LogP contribution in [-0.4, -0.2) is 23.7 Å². The van der Waals surface area contributed by atoms with E-state index in [0.29, 0.717) is 33.1 Å². The summed E-state index contributed by atoms with van der Waals surface area (Å²) in [6, 6.07) is 19.8. The number of thiazole rings is 1. The lowest BCUT2D eigenvalue weighted by molar-refractivity contribution is 0.0988. The molecule has 0 saturated carbocycles. The fraction of sp³-hybridized carbons (Fsp3) is 0.0833. The van der Waals surface area contributed by atoms with Crippen molar-refractivity contribution >= 4 is 38.8 Å². The first-order valence-electron chi connectivity index (χ1n) is 9.75. The quantitative estimate of drug-likeness (QED) is 0.295. The van der Waals surface area contributed by atoms with E-state index in [4.69, 9.17) is 10.00 Å². The molecule has 0 N–H and O–H groups in total. The molecule has 0 spiro atoms. The molecule has 32 heavy (non-hydrogen) atoms. The van der Waals surface area contributed by atoms with Gasteiger partial charge in [-0.1, -0.05) is 11.3 Å². The largest absolute Gasteiger partial charge is 0.494 e. The summed E-state index contributed by atoms with van der Waals surface area (Å²) >= 11 is 1.16. The third-order valence-electron chi connectivity index (χ3n) is 4.49. The Labute approximate surface area is 187 Å². The number of nitriles is 1. The highest BCUT2D eigenvalue weighted by atomic mass is 32.1. The molecule has 4 rings (SSSR count). The van der Waals surface area contributed by atoms with E-state index in [1.807, 2.05) is 37.3 Å². The van der Waals surface area contributed by atoms with E-state index in [-0.39, 0.29) is 5.82 Å². The molecule has 0 fully saturated rings. The van der Waals surface area contributed by atoms with Crippen molar-refractivity contribution in [2.75, 3.05) is 11.6 Å². The first-order chi connectivity index (χ1) is 15.6. The first kappa shape index (κ1) is 21.2. The Hall–Kier alpha value is -4.09. The molecule has 3 aromatic carbocycles. The Kier molecular flexibility index (Phi) is 6.19. The van der Waals surface area contributed by atoms with Crippen LogP contribution in [0, 0.1) is 17.1 Å². The molecule has 0 aliphatic heterocycles. The fourth-order valence-electron chi connectivity index (χ4n) is 2.92. The van der Waals surface area contributed by atoms with Crippen molar-refractivity contribution in [1.29, 1.82) is 5.26 Å². The number of benzene rings is 3. The maximum Gasteiger partial charge on any atom is 0.280 e. The van der Waals surface area contributed by atoms with Crippen LogP contribution in [0.1, 0.15) is 28.4 Å². The summed E-state index contributed by atoms with van der Waals surface area (Å²) in [6.45, 7) is 2.48. The second kappa shape index (κ2) is 9.37. The number of aromatic nitrogens is 1. The maximum absolute atomic E-state index is 13.6. The molecule has 0 saturated heterocycles. The SMILES string of the molecule is CCOc1ccc(/C=N/N(C(=O)c2ccc(C#N)cc2)c2nc3ccc(F)cc3s2)cc1. The van der Waals surface area contributed by atoms with Gasteiger partial charge >= 0.3 is 0 Å². The zero-order valence-corrected chi connectivity index (χ0v) is 17.8. The summed E-state index contributed by atoms with van der Waals surface area (Å²) in [5.74, 6) is -0.0601. The van der Waals surface area contributed by atoms with Crippen molar-refractivity contribution in [1.82, 2.24) is 4.98 Å². The lowest BCUT2D eigenvalue weighted by Crippen LogP contribution is -2.25. The van der Waals surface area contributed by atoms with Crippen molar-refractivity contribution in [3.05, 3.63) is 89.2 Å². The zero-order chi connectivity index (χ0) is 22.5. The Morgan fingerprint density at radius 3 is 2.62 bits per heavy atom. The van der Waals surface area contributed by atoms with E-state index < -0.39 is 5.91 Å². The van der Waals surface area contributed by atoms with Crippen molar-refractivity contribution in [2.45, 2.75) is 6.92 Å². The molecule has 4 aromatic rings. The van der Waals surface area contributed by atoms with Crippen molar-refractivity contribution in [2.24, 2.45) is 5.10 Å². The third-order valence-corrected chi connectivity index (χ3v) is 5.48. The van der Waals surface area contributed by atoms with Gasteiger partial charge in [0.25, 0.3) is 5.91 Å². The summed E-state index contributed by atoms with van der Waals surface area (Å²) in [5.41, 5.74) is 2.12. The van der Waals surface area contributed by atoms with Crippen LogP contribution in [0.3, 0.4) is 0 Å². The van der Waals surface area contributed by atoms with Crippen LogP contribution >= 0.6 is 11.3 Å². The summed E-state index contributed by atoms with van der Waals surface area (Å²) in [4.78, 5) is 17.7. The molecule has 0 atom stereocenters. The lowest BCUT2D eigenvalue weighted by atomic mass is 10.1. The number of hydrazone groups is 1. The standard InChI is InChI=1S/C24H17FN4O2S/c1-2-31-20-10-5-17(6-11-20)15-27-29(23(30)18-7-3-16(14-26)4-8-18)24-28-21-12-9-19(25)13-22(21)32-24/h3-13,15H,2H2,1H3/b27-15+. The second-order valence-corrected chi connectivity index (χ2v) is 7.67. The van der Waals surface area contributed by atoms with Crippen LogP contribution in [-0.2, 0) is 0 Å².